The number of hydrogen-bond donors (Lipinski definition) is 2. The number of carbonyl (C=O) groups excluding carboxylic acids is 2. The van der Waals surface area contributed by atoms with Crippen molar-refractivity contribution in [2.75, 3.05) is 44.0 Å². The number of likely N-dealkylation sites (tertiary alicyclic amines) is 1. The maximum absolute atomic E-state index is 13.3. The van der Waals surface area contributed by atoms with Crippen molar-refractivity contribution in [3.05, 3.63) is 90.2 Å². The molecule has 37 heavy (non-hydrogen) atoms. The van der Waals surface area contributed by atoms with Gasteiger partial charge in [0.2, 0.25) is 0 Å². The molecule has 1 aliphatic heterocycles. The molecule has 1 fully saturated rings. The molecule has 0 unspecified atom stereocenters. The minimum Gasteiger partial charge on any atom is -0.492 e. The van der Waals surface area contributed by atoms with E-state index in [1.54, 1.807) is 47.4 Å². The second kappa shape index (κ2) is 11.2. The van der Waals surface area contributed by atoms with Crippen molar-refractivity contribution in [1.29, 1.82) is 0 Å². The number of nitrogens with one attached hydrogen (secondary N) is 1. The monoisotopic (exact) mass is 498 g/mol. The average Bonchev–Trinajstić information content (AvgIpc) is 3.59. The van der Waals surface area contributed by atoms with Crippen molar-refractivity contribution in [3.63, 3.8) is 0 Å². The first-order valence-electron chi connectivity index (χ1n) is 12.5. The van der Waals surface area contributed by atoms with Gasteiger partial charge < -0.3 is 25.1 Å². The molecular formula is C29H30N4O4. The molecular weight excluding hydrogens is 468 g/mol. The molecule has 3 N–H and O–H groups in total. The molecule has 0 aliphatic carbocycles. The fourth-order valence-electron chi connectivity index (χ4n) is 4.43. The third-order valence-electron chi connectivity index (χ3n) is 6.45. The summed E-state index contributed by atoms with van der Waals surface area (Å²) in [5.41, 5.74) is 8.17. The third kappa shape index (κ3) is 5.92. The molecule has 0 bridgehead atoms. The zero-order valence-electron chi connectivity index (χ0n) is 20.6. The zero-order valence-corrected chi connectivity index (χ0v) is 20.6. The SMILES string of the molecule is Nc1ccccc1NC(=O)c1ccc(OCCN(CN2CCCC2)C(=O)c2cc3ccccc3o2)cc1. The molecule has 3 aromatic carbocycles. The summed E-state index contributed by atoms with van der Waals surface area (Å²) in [5.74, 6) is 0.541. The molecule has 0 saturated carbocycles. The van der Waals surface area contributed by atoms with Crippen LogP contribution in [0.4, 0.5) is 11.4 Å². The Labute approximate surface area is 215 Å². The predicted molar refractivity (Wildman–Crippen MR) is 144 cm³/mol. The van der Waals surface area contributed by atoms with Gasteiger partial charge in [-0.3, -0.25) is 14.5 Å². The van der Waals surface area contributed by atoms with Crippen LogP contribution in [0.1, 0.15) is 33.8 Å². The Balaban J connectivity index is 1.20. The summed E-state index contributed by atoms with van der Waals surface area (Å²) in [6, 6.07) is 23.4. The molecule has 8 heteroatoms. The topological polar surface area (TPSA) is 101 Å². The molecule has 0 spiro atoms. The lowest BCUT2D eigenvalue weighted by Gasteiger charge is -2.27. The highest BCUT2D eigenvalue weighted by Gasteiger charge is 2.23. The van der Waals surface area contributed by atoms with Gasteiger partial charge in [0.1, 0.15) is 17.9 Å². The van der Waals surface area contributed by atoms with Crippen molar-refractivity contribution in [2.24, 2.45) is 0 Å². The first-order chi connectivity index (χ1) is 18.1. The molecule has 0 radical (unpaired) electrons. The van der Waals surface area contributed by atoms with Crippen LogP contribution in [0, 0.1) is 0 Å². The Kier molecular flexibility index (Phi) is 7.37. The summed E-state index contributed by atoms with van der Waals surface area (Å²) in [6.45, 7) is 3.20. The molecule has 2 heterocycles. The quantitative estimate of drug-likeness (QED) is 0.320. The summed E-state index contributed by atoms with van der Waals surface area (Å²) in [5, 5.41) is 3.72. The zero-order chi connectivity index (χ0) is 25.6. The minimum atomic E-state index is -0.252. The predicted octanol–water partition coefficient (Wildman–Crippen LogP) is 4.84. The Morgan fingerprint density at radius 3 is 2.46 bits per heavy atom. The highest BCUT2D eigenvalue weighted by Crippen LogP contribution is 2.22. The van der Waals surface area contributed by atoms with E-state index in [1.165, 1.54) is 0 Å². The number of furan rings is 1. The van der Waals surface area contributed by atoms with Gasteiger partial charge in [-0.2, -0.15) is 0 Å². The Morgan fingerprint density at radius 1 is 0.973 bits per heavy atom. The van der Waals surface area contributed by atoms with Crippen LogP contribution in [0.25, 0.3) is 11.0 Å². The van der Waals surface area contributed by atoms with Crippen molar-refractivity contribution in [1.82, 2.24) is 9.80 Å². The van der Waals surface area contributed by atoms with Gasteiger partial charge in [-0.25, -0.2) is 0 Å². The Hall–Kier alpha value is -4.30. The number of nitrogen functional groups attached to an aromatic ring is 1. The van der Waals surface area contributed by atoms with Crippen molar-refractivity contribution in [3.8, 4) is 5.75 Å². The van der Waals surface area contributed by atoms with Crippen LogP contribution in [0.15, 0.2) is 83.3 Å². The van der Waals surface area contributed by atoms with Crippen molar-refractivity contribution < 1.29 is 18.7 Å². The van der Waals surface area contributed by atoms with Crippen LogP contribution < -0.4 is 15.8 Å². The Bertz CT molecular complexity index is 1340. The average molecular weight is 499 g/mol. The number of nitrogens with zero attached hydrogens (tertiary/aromatic N) is 2. The van der Waals surface area contributed by atoms with Crippen LogP contribution in [-0.4, -0.2) is 54.5 Å². The van der Waals surface area contributed by atoms with Crippen LogP contribution in [0.3, 0.4) is 0 Å². The minimum absolute atomic E-state index is 0.154. The first kappa shape index (κ1) is 24.4. The second-order valence-electron chi connectivity index (χ2n) is 9.10. The number of ether oxygens (including phenoxy) is 1. The lowest BCUT2D eigenvalue weighted by atomic mass is 10.2. The molecule has 4 aromatic rings. The number of nitrogens with two attached hydrogens (primary N) is 1. The maximum atomic E-state index is 13.3. The van der Waals surface area contributed by atoms with E-state index in [-0.39, 0.29) is 11.8 Å². The van der Waals surface area contributed by atoms with Crippen LogP contribution in [-0.2, 0) is 0 Å². The van der Waals surface area contributed by atoms with Gasteiger partial charge in [0.05, 0.1) is 24.6 Å². The second-order valence-corrected chi connectivity index (χ2v) is 9.10. The van der Waals surface area contributed by atoms with E-state index in [1.807, 2.05) is 36.4 Å². The van der Waals surface area contributed by atoms with Crippen LogP contribution >= 0.6 is 0 Å². The van der Waals surface area contributed by atoms with Gasteiger partial charge in [-0.1, -0.05) is 30.3 Å². The van der Waals surface area contributed by atoms with Gasteiger partial charge in [-0.05, 0) is 74.5 Å². The number of carbonyl (C=O) groups is 2. The summed E-state index contributed by atoms with van der Waals surface area (Å²) in [4.78, 5) is 29.9. The third-order valence-corrected chi connectivity index (χ3v) is 6.45. The number of rotatable bonds is 9. The fraction of sp³-hybridized carbons (Fsp3) is 0.241. The van der Waals surface area contributed by atoms with Crippen LogP contribution in [0.5, 0.6) is 5.75 Å². The highest BCUT2D eigenvalue weighted by atomic mass is 16.5. The van der Waals surface area contributed by atoms with Gasteiger partial charge in [-0.15, -0.1) is 0 Å². The summed E-state index contributed by atoms with van der Waals surface area (Å²) < 4.78 is 11.8. The van der Waals surface area contributed by atoms with Gasteiger partial charge in [0, 0.05) is 10.9 Å². The van der Waals surface area contributed by atoms with E-state index in [2.05, 4.69) is 10.2 Å². The number of benzene rings is 3. The molecule has 5 rings (SSSR count). The molecule has 8 nitrogen and oxygen atoms in total. The number of hydrogen-bond acceptors (Lipinski definition) is 6. The molecule has 1 aliphatic rings. The maximum Gasteiger partial charge on any atom is 0.290 e. The normalized spacial score (nSPS) is 13.5. The number of para-hydroxylation sites is 3. The smallest absolute Gasteiger partial charge is 0.290 e. The van der Waals surface area contributed by atoms with Crippen LogP contribution in [0.2, 0.25) is 0 Å². The molecule has 2 amide bonds. The van der Waals surface area contributed by atoms with Gasteiger partial charge in [0.15, 0.2) is 5.76 Å². The number of fused-ring (bicyclic) bond motifs is 1. The summed E-state index contributed by atoms with van der Waals surface area (Å²) in [6.07, 6.45) is 2.28. The van der Waals surface area contributed by atoms with Gasteiger partial charge in [0.25, 0.3) is 11.8 Å². The molecule has 1 aromatic heterocycles. The van der Waals surface area contributed by atoms with E-state index in [9.17, 15) is 9.59 Å². The Morgan fingerprint density at radius 2 is 1.70 bits per heavy atom. The van der Waals surface area contributed by atoms with E-state index < -0.39 is 0 Å². The lowest BCUT2D eigenvalue weighted by Crippen LogP contribution is -2.42. The number of amides is 2. The molecule has 190 valence electrons. The number of anilines is 2. The van der Waals surface area contributed by atoms with Gasteiger partial charge >= 0.3 is 0 Å². The lowest BCUT2D eigenvalue weighted by molar-refractivity contribution is 0.0587. The van der Waals surface area contributed by atoms with E-state index in [4.69, 9.17) is 14.9 Å². The summed E-state index contributed by atoms with van der Waals surface area (Å²) in [7, 11) is 0. The standard InChI is InChI=1S/C29H30N4O4/c30-24-8-2-3-9-25(24)31-28(34)21-11-13-23(14-12-21)36-18-17-33(20-32-15-5-6-16-32)29(35)27-19-22-7-1-4-10-26(22)37-27/h1-4,7-14,19H,5-6,15-18,20,30H2,(H,31,34). The van der Waals surface area contributed by atoms with Crippen molar-refractivity contribution >= 4 is 34.2 Å². The largest absolute Gasteiger partial charge is 0.492 e. The fourth-order valence-corrected chi connectivity index (χ4v) is 4.43. The van der Waals surface area contributed by atoms with E-state index in [0.29, 0.717) is 53.9 Å². The van der Waals surface area contributed by atoms with E-state index >= 15 is 0 Å². The summed E-state index contributed by atoms with van der Waals surface area (Å²) >= 11 is 0. The van der Waals surface area contributed by atoms with Crippen molar-refractivity contribution in [2.45, 2.75) is 12.8 Å². The molecule has 0 atom stereocenters. The highest BCUT2D eigenvalue weighted by molar-refractivity contribution is 6.05. The first-order valence-corrected chi connectivity index (χ1v) is 12.5. The van der Waals surface area contributed by atoms with E-state index in [0.717, 1.165) is 31.3 Å². The molecule has 1 saturated heterocycles.